The van der Waals surface area contributed by atoms with Crippen molar-refractivity contribution in [3.8, 4) is 0 Å². The van der Waals surface area contributed by atoms with E-state index in [2.05, 4.69) is 26.1 Å². The first-order chi connectivity index (χ1) is 6.58. The van der Waals surface area contributed by atoms with Crippen molar-refractivity contribution in [1.29, 1.82) is 0 Å². The molecule has 0 bridgehead atoms. The Kier molecular flexibility index (Phi) is 4.90. The van der Waals surface area contributed by atoms with Gasteiger partial charge in [0.05, 0.1) is 12.2 Å². The van der Waals surface area contributed by atoms with Gasteiger partial charge in [0.25, 0.3) is 0 Å². The zero-order chi connectivity index (χ0) is 10.4. The molecule has 1 aliphatic carbocycles. The zero-order valence-electron chi connectivity index (χ0n) is 9.94. The lowest BCUT2D eigenvalue weighted by atomic mass is 10.1. The van der Waals surface area contributed by atoms with Crippen LogP contribution >= 0.6 is 0 Å². The molecule has 1 N–H and O–H groups in total. The molecule has 14 heavy (non-hydrogen) atoms. The van der Waals surface area contributed by atoms with Crippen molar-refractivity contribution in [2.24, 2.45) is 5.92 Å². The summed E-state index contributed by atoms with van der Waals surface area (Å²) in [6.07, 6.45) is 5.72. The van der Waals surface area contributed by atoms with Gasteiger partial charge in [0, 0.05) is 6.54 Å². The van der Waals surface area contributed by atoms with Crippen LogP contribution in [-0.2, 0) is 4.74 Å². The number of nitrogens with one attached hydrogen (secondary N) is 1. The largest absolute Gasteiger partial charge is 0.375 e. The molecule has 0 aromatic rings. The van der Waals surface area contributed by atoms with E-state index in [-0.39, 0.29) is 5.60 Å². The minimum absolute atomic E-state index is 0.00897. The van der Waals surface area contributed by atoms with Crippen LogP contribution in [0.1, 0.15) is 46.5 Å². The second kappa shape index (κ2) is 5.72. The number of hydrogen-bond donors (Lipinski definition) is 1. The molecule has 1 saturated carbocycles. The number of ether oxygens (including phenoxy) is 1. The average molecular weight is 199 g/mol. The van der Waals surface area contributed by atoms with E-state index in [9.17, 15) is 0 Å². The molecule has 2 heteroatoms. The van der Waals surface area contributed by atoms with Gasteiger partial charge in [-0.15, -0.1) is 0 Å². The SMILES string of the molecule is CC(C)(C)OCCNCC1CCCC1. The van der Waals surface area contributed by atoms with Crippen molar-refractivity contribution in [2.45, 2.75) is 52.1 Å². The van der Waals surface area contributed by atoms with Crippen molar-refractivity contribution in [3.63, 3.8) is 0 Å². The van der Waals surface area contributed by atoms with E-state index >= 15 is 0 Å². The Morgan fingerprint density at radius 2 is 1.86 bits per heavy atom. The van der Waals surface area contributed by atoms with Crippen molar-refractivity contribution < 1.29 is 4.74 Å². The molecular weight excluding hydrogens is 174 g/mol. The smallest absolute Gasteiger partial charge is 0.0599 e. The summed E-state index contributed by atoms with van der Waals surface area (Å²) >= 11 is 0. The standard InChI is InChI=1S/C12H25NO/c1-12(2,3)14-9-8-13-10-11-6-4-5-7-11/h11,13H,4-10H2,1-3H3. The monoisotopic (exact) mass is 199 g/mol. The van der Waals surface area contributed by atoms with Crippen molar-refractivity contribution in [2.75, 3.05) is 19.7 Å². The van der Waals surface area contributed by atoms with E-state index in [0.717, 1.165) is 19.1 Å². The fraction of sp³-hybridized carbons (Fsp3) is 1.00. The second-order valence-electron chi connectivity index (χ2n) is 5.32. The molecule has 0 aromatic carbocycles. The highest BCUT2D eigenvalue weighted by Gasteiger charge is 2.14. The lowest BCUT2D eigenvalue weighted by Gasteiger charge is -2.20. The molecule has 1 aliphatic rings. The first-order valence-electron chi connectivity index (χ1n) is 5.92. The summed E-state index contributed by atoms with van der Waals surface area (Å²) in [5, 5.41) is 3.47. The highest BCUT2D eigenvalue weighted by atomic mass is 16.5. The molecule has 0 amide bonds. The van der Waals surface area contributed by atoms with E-state index in [1.807, 2.05) is 0 Å². The molecule has 2 nitrogen and oxygen atoms in total. The summed E-state index contributed by atoms with van der Waals surface area (Å²) in [5.41, 5.74) is 0.00897. The van der Waals surface area contributed by atoms with E-state index in [1.54, 1.807) is 0 Å². The van der Waals surface area contributed by atoms with Gasteiger partial charge in [-0.3, -0.25) is 0 Å². The highest BCUT2D eigenvalue weighted by Crippen LogP contribution is 2.23. The van der Waals surface area contributed by atoms with Gasteiger partial charge in [0.1, 0.15) is 0 Å². The van der Waals surface area contributed by atoms with Gasteiger partial charge in [0.2, 0.25) is 0 Å². The first-order valence-corrected chi connectivity index (χ1v) is 5.92. The van der Waals surface area contributed by atoms with Gasteiger partial charge >= 0.3 is 0 Å². The van der Waals surface area contributed by atoms with Gasteiger partial charge in [-0.05, 0) is 46.1 Å². The van der Waals surface area contributed by atoms with Crippen LogP contribution in [0.15, 0.2) is 0 Å². The van der Waals surface area contributed by atoms with E-state index < -0.39 is 0 Å². The van der Waals surface area contributed by atoms with E-state index in [4.69, 9.17) is 4.74 Å². The normalized spacial score (nSPS) is 19.1. The van der Waals surface area contributed by atoms with Crippen LogP contribution in [0.3, 0.4) is 0 Å². The van der Waals surface area contributed by atoms with Crippen LogP contribution in [-0.4, -0.2) is 25.3 Å². The Hall–Kier alpha value is -0.0800. The quantitative estimate of drug-likeness (QED) is 0.687. The summed E-state index contributed by atoms with van der Waals surface area (Å²) in [5.74, 6) is 0.935. The summed E-state index contributed by atoms with van der Waals surface area (Å²) in [6, 6.07) is 0. The predicted molar refractivity (Wildman–Crippen MR) is 60.5 cm³/mol. The average Bonchev–Trinajstić information content (AvgIpc) is 2.54. The lowest BCUT2D eigenvalue weighted by molar-refractivity contribution is -0.000987. The molecule has 84 valence electrons. The van der Waals surface area contributed by atoms with Crippen LogP contribution in [0.5, 0.6) is 0 Å². The Bertz CT molecular complexity index is 145. The van der Waals surface area contributed by atoms with Crippen molar-refractivity contribution in [3.05, 3.63) is 0 Å². The summed E-state index contributed by atoms with van der Waals surface area (Å²) < 4.78 is 5.63. The van der Waals surface area contributed by atoms with Gasteiger partial charge in [-0.25, -0.2) is 0 Å². The summed E-state index contributed by atoms with van der Waals surface area (Å²) in [4.78, 5) is 0. The molecule has 0 saturated heterocycles. The lowest BCUT2D eigenvalue weighted by Crippen LogP contribution is -2.29. The predicted octanol–water partition coefficient (Wildman–Crippen LogP) is 2.58. The van der Waals surface area contributed by atoms with Crippen molar-refractivity contribution >= 4 is 0 Å². The molecule has 0 heterocycles. The number of hydrogen-bond acceptors (Lipinski definition) is 2. The van der Waals surface area contributed by atoms with Gasteiger partial charge < -0.3 is 10.1 Å². The topological polar surface area (TPSA) is 21.3 Å². The molecule has 0 unspecified atom stereocenters. The van der Waals surface area contributed by atoms with Crippen LogP contribution in [0.25, 0.3) is 0 Å². The van der Waals surface area contributed by atoms with Crippen LogP contribution < -0.4 is 5.32 Å². The maximum absolute atomic E-state index is 5.63. The van der Waals surface area contributed by atoms with Gasteiger partial charge in [-0.1, -0.05) is 12.8 Å². The maximum Gasteiger partial charge on any atom is 0.0599 e. The first kappa shape index (κ1) is 12.0. The van der Waals surface area contributed by atoms with Crippen LogP contribution in [0, 0.1) is 5.92 Å². The minimum Gasteiger partial charge on any atom is -0.375 e. The minimum atomic E-state index is 0.00897. The molecule has 0 spiro atoms. The highest BCUT2D eigenvalue weighted by molar-refractivity contribution is 4.69. The Balaban J connectivity index is 1.89. The van der Waals surface area contributed by atoms with Crippen LogP contribution in [0.2, 0.25) is 0 Å². The van der Waals surface area contributed by atoms with E-state index in [0.29, 0.717) is 0 Å². The summed E-state index contributed by atoms with van der Waals surface area (Å²) in [6.45, 7) is 9.31. The molecule has 0 aliphatic heterocycles. The molecule has 1 fully saturated rings. The molecule has 0 aromatic heterocycles. The van der Waals surface area contributed by atoms with Crippen molar-refractivity contribution in [1.82, 2.24) is 5.32 Å². The third-order valence-electron chi connectivity index (χ3n) is 2.72. The fourth-order valence-electron chi connectivity index (χ4n) is 1.95. The number of rotatable bonds is 5. The molecule has 1 rings (SSSR count). The Morgan fingerprint density at radius 1 is 1.21 bits per heavy atom. The van der Waals surface area contributed by atoms with Gasteiger partial charge in [-0.2, -0.15) is 0 Å². The molecular formula is C12H25NO. The Morgan fingerprint density at radius 3 is 2.43 bits per heavy atom. The third-order valence-corrected chi connectivity index (χ3v) is 2.72. The summed E-state index contributed by atoms with van der Waals surface area (Å²) in [7, 11) is 0. The third kappa shape index (κ3) is 5.61. The molecule has 0 atom stereocenters. The van der Waals surface area contributed by atoms with E-state index in [1.165, 1.54) is 32.2 Å². The van der Waals surface area contributed by atoms with Gasteiger partial charge in [0.15, 0.2) is 0 Å². The molecule has 0 radical (unpaired) electrons. The fourth-order valence-corrected chi connectivity index (χ4v) is 1.95. The second-order valence-corrected chi connectivity index (χ2v) is 5.32. The zero-order valence-corrected chi connectivity index (χ0v) is 9.94. The Labute approximate surface area is 88.4 Å². The van der Waals surface area contributed by atoms with Crippen LogP contribution in [0.4, 0.5) is 0 Å². The maximum atomic E-state index is 5.63.